The largest absolute Gasteiger partial charge is 0.465 e. The van der Waals surface area contributed by atoms with Crippen LogP contribution in [0.1, 0.15) is 77.7 Å². The van der Waals surface area contributed by atoms with Gasteiger partial charge >= 0.3 is 6.09 Å². The number of rotatable bonds is 6. The van der Waals surface area contributed by atoms with Crippen LogP contribution in [-0.2, 0) is 6.54 Å². The number of hydrogen-bond donors (Lipinski definition) is 2. The lowest BCUT2D eigenvalue weighted by molar-refractivity contribution is 0.0877. The Kier molecular flexibility index (Phi) is 5.60. The standard InChI is InChI=1S/C26H27N3O3/c30-25(24-21(17-6-7-17)13-12-19(29-24)15-28-26(31)32)18-10-8-16(9-11-18)20-3-1-5-23-22(20)4-2-14-27-23/h1-5,12-14,16-18,28H,6-11,15H2,(H,31,32). The van der Waals surface area contributed by atoms with Crippen molar-refractivity contribution >= 4 is 22.8 Å². The lowest BCUT2D eigenvalue weighted by atomic mass is 9.75. The van der Waals surface area contributed by atoms with Crippen LogP contribution in [0.4, 0.5) is 4.79 Å². The summed E-state index contributed by atoms with van der Waals surface area (Å²) in [6.07, 6.45) is 6.58. The molecule has 0 atom stereocenters. The molecule has 0 spiro atoms. The summed E-state index contributed by atoms with van der Waals surface area (Å²) in [5.41, 5.74) is 4.55. The van der Waals surface area contributed by atoms with Gasteiger partial charge in [-0.3, -0.25) is 9.78 Å². The molecule has 0 aliphatic heterocycles. The predicted octanol–water partition coefficient (Wildman–Crippen LogP) is 5.43. The Morgan fingerprint density at radius 3 is 2.41 bits per heavy atom. The van der Waals surface area contributed by atoms with Gasteiger partial charge in [-0.1, -0.05) is 24.3 Å². The second-order valence-electron chi connectivity index (χ2n) is 9.00. The van der Waals surface area contributed by atoms with E-state index in [1.807, 2.05) is 30.5 Å². The third kappa shape index (κ3) is 4.22. The molecule has 2 saturated carbocycles. The van der Waals surface area contributed by atoms with E-state index in [9.17, 15) is 9.59 Å². The molecule has 32 heavy (non-hydrogen) atoms. The molecule has 0 unspecified atom stereocenters. The molecule has 6 heteroatoms. The zero-order chi connectivity index (χ0) is 22.1. The van der Waals surface area contributed by atoms with E-state index in [4.69, 9.17) is 5.11 Å². The highest BCUT2D eigenvalue weighted by Gasteiger charge is 2.34. The minimum absolute atomic E-state index is 0.0213. The first kappa shape index (κ1) is 20.6. The van der Waals surface area contributed by atoms with Crippen LogP contribution in [0.5, 0.6) is 0 Å². The van der Waals surface area contributed by atoms with Crippen LogP contribution in [-0.4, -0.2) is 27.0 Å². The van der Waals surface area contributed by atoms with Crippen molar-refractivity contribution in [3.05, 3.63) is 71.2 Å². The highest BCUT2D eigenvalue weighted by atomic mass is 16.4. The zero-order valence-electron chi connectivity index (χ0n) is 18.0. The first-order valence-electron chi connectivity index (χ1n) is 11.4. The number of ketones is 1. The lowest BCUT2D eigenvalue weighted by Crippen LogP contribution is -2.25. The van der Waals surface area contributed by atoms with E-state index in [1.54, 1.807) is 0 Å². The van der Waals surface area contributed by atoms with Gasteiger partial charge < -0.3 is 10.4 Å². The second-order valence-corrected chi connectivity index (χ2v) is 9.00. The summed E-state index contributed by atoms with van der Waals surface area (Å²) < 4.78 is 0. The Labute approximate surface area is 187 Å². The van der Waals surface area contributed by atoms with Gasteiger partial charge in [0.05, 0.1) is 17.8 Å². The molecule has 2 aliphatic rings. The van der Waals surface area contributed by atoms with Crippen LogP contribution >= 0.6 is 0 Å². The van der Waals surface area contributed by atoms with E-state index in [0.717, 1.165) is 49.6 Å². The molecule has 5 rings (SSSR count). The van der Waals surface area contributed by atoms with Gasteiger partial charge in [-0.05, 0) is 79.7 Å². The second kappa shape index (κ2) is 8.69. The van der Waals surface area contributed by atoms with Crippen molar-refractivity contribution in [2.75, 3.05) is 0 Å². The maximum atomic E-state index is 13.5. The van der Waals surface area contributed by atoms with Crippen molar-refractivity contribution < 1.29 is 14.7 Å². The molecule has 0 saturated heterocycles. The molecule has 164 valence electrons. The fourth-order valence-corrected chi connectivity index (χ4v) is 5.04. The van der Waals surface area contributed by atoms with Crippen LogP contribution in [0.2, 0.25) is 0 Å². The number of hydrogen-bond acceptors (Lipinski definition) is 4. The zero-order valence-corrected chi connectivity index (χ0v) is 18.0. The Morgan fingerprint density at radius 2 is 1.66 bits per heavy atom. The SMILES string of the molecule is O=C(O)NCc1ccc(C2CC2)c(C(=O)C2CCC(c3cccc4ncccc34)CC2)n1. The summed E-state index contributed by atoms with van der Waals surface area (Å²) in [5.74, 6) is 0.963. The molecular formula is C26H27N3O3. The number of carboxylic acid groups (broad SMARTS) is 1. The smallest absolute Gasteiger partial charge is 0.404 e. The van der Waals surface area contributed by atoms with Crippen molar-refractivity contribution in [3.63, 3.8) is 0 Å². The molecular weight excluding hydrogens is 402 g/mol. The molecule has 0 bridgehead atoms. The third-order valence-electron chi connectivity index (χ3n) is 6.87. The number of carbonyl (C=O) groups is 2. The molecule has 1 aromatic carbocycles. The van der Waals surface area contributed by atoms with Gasteiger partial charge in [0.2, 0.25) is 0 Å². The number of aromatic nitrogens is 2. The highest BCUT2D eigenvalue weighted by Crippen LogP contribution is 2.43. The summed E-state index contributed by atoms with van der Waals surface area (Å²) in [7, 11) is 0. The third-order valence-corrected chi connectivity index (χ3v) is 6.87. The molecule has 2 fully saturated rings. The predicted molar refractivity (Wildman–Crippen MR) is 122 cm³/mol. The Bertz CT molecular complexity index is 1160. The molecule has 2 aliphatic carbocycles. The fraction of sp³-hybridized carbons (Fsp3) is 0.385. The van der Waals surface area contributed by atoms with Crippen molar-refractivity contribution in [3.8, 4) is 0 Å². The Balaban J connectivity index is 1.33. The monoisotopic (exact) mass is 429 g/mol. The first-order chi connectivity index (χ1) is 15.6. The number of fused-ring (bicyclic) bond motifs is 1. The van der Waals surface area contributed by atoms with Gasteiger partial charge in [0.1, 0.15) is 5.69 Å². The van der Waals surface area contributed by atoms with Crippen molar-refractivity contribution in [1.82, 2.24) is 15.3 Å². The normalized spacial score (nSPS) is 20.8. The van der Waals surface area contributed by atoms with Crippen LogP contribution in [0.3, 0.4) is 0 Å². The van der Waals surface area contributed by atoms with Crippen LogP contribution in [0.15, 0.2) is 48.7 Å². The van der Waals surface area contributed by atoms with Crippen molar-refractivity contribution in [2.24, 2.45) is 5.92 Å². The number of benzene rings is 1. The molecule has 2 N–H and O–H groups in total. The van der Waals surface area contributed by atoms with Crippen molar-refractivity contribution in [2.45, 2.75) is 56.9 Å². The van der Waals surface area contributed by atoms with Crippen molar-refractivity contribution in [1.29, 1.82) is 0 Å². The maximum absolute atomic E-state index is 13.5. The van der Waals surface area contributed by atoms with Gasteiger partial charge in [-0.2, -0.15) is 0 Å². The van der Waals surface area contributed by atoms with Gasteiger partial charge in [0.25, 0.3) is 0 Å². The molecule has 0 radical (unpaired) electrons. The van der Waals surface area contributed by atoms with E-state index in [1.165, 1.54) is 10.9 Å². The number of pyridine rings is 2. The quantitative estimate of drug-likeness (QED) is 0.510. The van der Waals surface area contributed by atoms with E-state index in [0.29, 0.717) is 23.2 Å². The van der Waals surface area contributed by atoms with Gasteiger partial charge in [-0.25, -0.2) is 9.78 Å². The topological polar surface area (TPSA) is 92.2 Å². The summed E-state index contributed by atoms with van der Waals surface area (Å²) in [6.45, 7) is 0.114. The number of carbonyl (C=O) groups excluding carboxylic acids is 1. The van der Waals surface area contributed by atoms with Crippen LogP contribution in [0, 0.1) is 5.92 Å². The summed E-state index contributed by atoms with van der Waals surface area (Å²) in [6, 6.07) is 14.3. The molecule has 3 aromatic rings. The van der Waals surface area contributed by atoms with E-state index in [-0.39, 0.29) is 18.2 Å². The highest BCUT2D eigenvalue weighted by molar-refractivity contribution is 5.98. The minimum Gasteiger partial charge on any atom is -0.465 e. The first-order valence-corrected chi connectivity index (χ1v) is 11.4. The van der Waals surface area contributed by atoms with E-state index < -0.39 is 6.09 Å². The number of nitrogens with zero attached hydrogens (tertiary/aromatic N) is 2. The van der Waals surface area contributed by atoms with E-state index >= 15 is 0 Å². The summed E-state index contributed by atoms with van der Waals surface area (Å²) in [4.78, 5) is 33.4. The van der Waals surface area contributed by atoms with E-state index in [2.05, 4.69) is 33.5 Å². The maximum Gasteiger partial charge on any atom is 0.404 e. The molecule has 6 nitrogen and oxygen atoms in total. The number of nitrogens with one attached hydrogen (secondary N) is 1. The number of amides is 1. The average Bonchev–Trinajstić information content (AvgIpc) is 3.67. The minimum atomic E-state index is -1.09. The average molecular weight is 430 g/mol. The Morgan fingerprint density at radius 1 is 0.906 bits per heavy atom. The van der Waals surface area contributed by atoms with Gasteiger partial charge in [0.15, 0.2) is 5.78 Å². The number of Topliss-reactive ketones (excluding diaryl/α,β-unsaturated/α-hetero) is 1. The van der Waals surface area contributed by atoms with Gasteiger partial charge in [0, 0.05) is 17.5 Å². The summed E-state index contributed by atoms with van der Waals surface area (Å²) >= 11 is 0. The molecule has 2 heterocycles. The summed E-state index contributed by atoms with van der Waals surface area (Å²) in [5, 5.41) is 12.4. The molecule has 1 amide bonds. The lowest BCUT2D eigenvalue weighted by Gasteiger charge is -2.29. The van der Waals surface area contributed by atoms with Crippen LogP contribution in [0.25, 0.3) is 10.9 Å². The van der Waals surface area contributed by atoms with Gasteiger partial charge in [-0.15, -0.1) is 0 Å². The fourth-order valence-electron chi connectivity index (χ4n) is 5.04. The Hall–Kier alpha value is -3.28. The van der Waals surface area contributed by atoms with Crippen LogP contribution < -0.4 is 5.32 Å². The molecule has 2 aromatic heterocycles.